The zero-order valence-electron chi connectivity index (χ0n) is 15.5. The number of hydrogen-bond acceptors (Lipinski definition) is 4. The van der Waals surface area contributed by atoms with E-state index in [2.05, 4.69) is 11.2 Å². The van der Waals surface area contributed by atoms with Crippen LogP contribution in [0.25, 0.3) is 6.08 Å². The summed E-state index contributed by atoms with van der Waals surface area (Å²) in [5.74, 6) is 3.57. The van der Waals surface area contributed by atoms with Gasteiger partial charge in [0.15, 0.2) is 16.6 Å². The van der Waals surface area contributed by atoms with Crippen molar-refractivity contribution in [1.29, 1.82) is 0 Å². The van der Waals surface area contributed by atoms with E-state index in [1.165, 1.54) is 6.42 Å². The summed E-state index contributed by atoms with van der Waals surface area (Å²) < 4.78 is 11.1. The highest BCUT2D eigenvalue weighted by Crippen LogP contribution is 2.31. The van der Waals surface area contributed by atoms with Crippen molar-refractivity contribution in [2.45, 2.75) is 45.1 Å². The maximum Gasteiger partial charge on any atom is 0.276 e. The summed E-state index contributed by atoms with van der Waals surface area (Å²) in [6.07, 6.45) is 12.6. The van der Waals surface area contributed by atoms with Crippen molar-refractivity contribution < 1.29 is 14.3 Å². The van der Waals surface area contributed by atoms with Gasteiger partial charge >= 0.3 is 0 Å². The highest BCUT2D eigenvalue weighted by atomic mass is 32.1. The van der Waals surface area contributed by atoms with Gasteiger partial charge in [-0.1, -0.05) is 31.2 Å². The fraction of sp³-hybridized carbons (Fsp3) is 0.429. The number of hydrogen-bond donors (Lipinski definition) is 1. The highest BCUT2D eigenvalue weighted by molar-refractivity contribution is 7.80. The summed E-state index contributed by atoms with van der Waals surface area (Å²) in [6.45, 7) is 2.58. The van der Waals surface area contributed by atoms with Crippen molar-refractivity contribution in [2.75, 3.05) is 13.2 Å². The van der Waals surface area contributed by atoms with Gasteiger partial charge in [-0.3, -0.25) is 9.69 Å². The average Bonchev–Trinajstić information content (AvgIpc) is 2.95. The second-order valence-corrected chi connectivity index (χ2v) is 6.97. The van der Waals surface area contributed by atoms with Gasteiger partial charge in [0.25, 0.3) is 5.91 Å². The molecule has 1 aromatic rings. The van der Waals surface area contributed by atoms with Gasteiger partial charge in [-0.05, 0) is 55.8 Å². The number of amides is 1. The van der Waals surface area contributed by atoms with Crippen LogP contribution in [-0.4, -0.2) is 35.2 Å². The average molecular weight is 385 g/mol. The van der Waals surface area contributed by atoms with Crippen LogP contribution in [0.3, 0.4) is 0 Å². The summed E-state index contributed by atoms with van der Waals surface area (Å²) in [7, 11) is 0. The number of terminal acetylenes is 1. The van der Waals surface area contributed by atoms with E-state index in [4.69, 9.17) is 28.1 Å². The summed E-state index contributed by atoms with van der Waals surface area (Å²) in [5.41, 5.74) is 1.32. The monoisotopic (exact) mass is 384 g/mol. The summed E-state index contributed by atoms with van der Waals surface area (Å²) >= 11 is 5.42. The SMILES string of the molecule is C#CCOc1ccc(/C=C2\NC(=S)N(C3CCCCC3)C2=O)cc1OCC. The van der Waals surface area contributed by atoms with E-state index in [0.29, 0.717) is 28.9 Å². The van der Waals surface area contributed by atoms with Crippen LogP contribution in [0.2, 0.25) is 0 Å². The molecule has 1 saturated heterocycles. The van der Waals surface area contributed by atoms with Gasteiger partial charge in [-0.2, -0.15) is 0 Å². The number of carbonyl (C=O) groups excluding carboxylic acids is 1. The first-order valence-corrected chi connectivity index (χ1v) is 9.74. The van der Waals surface area contributed by atoms with Crippen LogP contribution < -0.4 is 14.8 Å². The highest BCUT2D eigenvalue weighted by Gasteiger charge is 2.36. The molecule has 5 nitrogen and oxygen atoms in total. The molecular weight excluding hydrogens is 360 g/mol. The van der Waals surface area contributed by atoms with Crippen LogP contribution in [-0.2, 0) is 4.79 Å². The molecule has 1 heterocycles. The summed E-state index contributed by atoms with van der Waals surface area (Å²) in [5, 5.41) is 3.57. The third-order valence-corrected chi connectivity index (χ3v) is 5.04. The van der Waals surface area contributed by atoms with Gasteiger partial charge in [0.2, 0.25) is 0 Å². The first-order chi connectivity index (χ1) is 13.1. The molecule has 0 aromatic heterocycles. The minimum absolute atomic E-state index is 0.0579. The maximum atomic E-state index is 12.9. The van der Waals surface area contributed by atoms with Crippen molar-refractivity contribution in [3.05, 3.63) is 29.5 Å². The van der Waals surface area contributed by atoms with E-state index >= 15 is 0 Å². The molecule has 142 valence electrons. The fourth-order valence-electron chi connectivity index (χ4n) is 3.51. The standard InChI is InChI=1S/C21H24N2O3S/c1-3-12-26-18-11-10-15(14-19(18)25-4-2)13-17-20(24)23(21(27)22-17)16-8-6-5-7-9-16/h1,10-11,13-14,16H,4-9,12H2,2H3,(H,22,27)/b17-13-. The predicted octanol–water partition coefficient (Wildman–Crippen LogP) is 3.49. The van der Waals surface area contributed by atoms with Crippen LogP contribution in [0.1, 0.15) is 44.6 Å². The third kappa shape index (κ3) is 4.42. The van der Waals surface area contributed by atoms with Gasteiger partial charge < -0.3 is 14.8 Å². The Morgan fingerprint density at radius 3 is 2.78 bits per heavy atom. The number of thiocarbonyl (C=S) groups is 1. The van der Waals surface area contributed by atoms with Crippen molar-refractivity contribution in [2.24, 2.45) is 0 Å². The van der Waals surface area contributed by atoms with Crippen molar-refractivity contribution in [3.63, 3.8) is 0 Å². The zero-order chi connectivity index (χ0) is 19.2. The van der Waals surface area contributed by atoms with Crippen LogP contribution >= 0.6 is 12.2 Å². The van der Waals surface area contributed by atoms with Crippen molar-refractivity contribution >= 4 is 29.3 Å². The molecule has 0 bridgehead atoms. The van der Waals surface area contributed by atoms with E-state index in [1.54, 1.807) is 17.0 Å². The van der Waals surface area contributed by atoms with Gasteiger partial charge in [0, 0.05) is 6.04 Å². The molecule has 0 unspecified atom stereocenters. The quantitative estimate of drug-likeness (QED) is 0.462. The van der Waals surface area contributed by atoms with E-state index in [0.717, 1.165) is 31.2 Å². The number of carbonyl (C=O) groups is 1. The molecule has 6 heteroatoms. The van der Waals surface area contributed by atoms with Crippen LogP contribution in [0.15, 0.2) is 23.9 Å². The molecule has 0 atom stereocenters. The molecule has 1 aliphatic heterocycles. The molecule has 1 N–H and O–H groups in total. The second kappa shape index (κ2) is 8.92. The Kier molecular flexibility index (Phi) is 6.36. The third-order valence-electron chi connectivity index (χ3n) is 4.74. The summed E-state index contributed by atoms with van der Waals surface area (Å²) in [4.78, 5) is 14.6. The molecule has 1 saturated carbocycles. The first kappa shape index (κ1) is 19.2. The normalized spacial score (nSPS) is 19.1. The summed E-state index contributed by atoms with van der Waals surface area (Å²) in [6, 6.07) is 5.70. The van der Waals surface area contributed by atoms with Crippen molar-refractivity contribution in [3.8, 4) is 23.8 Å². The smallest absolute Gasteiger partial charge is 0.276 e. The minimum atomic E-state index is -0.0579. The second-order valence-electron chi connectivity index (χ2n) is 6.59. The zero-order valence-corrected chi connectivity index (χ0v) is 16.3. The number of nitrogens with one attached hydrogen (secondary N) is 1. The number of rotatable bonds is 6. The van der Waals surface area contributed by atoms with E-state index in [1.807, 2.05) is 19.1 Å². The number of ether oxygens (including phenoxy) is 2. The Labute approximate surface area is 165 Å². The molecule has 0 radical (unpaired) electrons. The lowest BCUT2D eigenvalue weighted by Gasteiger charge is -2.29. The molecular formula is C21H24N2O3S. The topological polar surface area (TPSA) is 50.8 Å². The van der Waals surface area contributed by atoms with E-state index in [-0.39, 0.29) is 18.6 Å². The fourth-order valence-corrected chi connectivity index (χ4v) is 3.85. The van der Waals surface area contributed by atoms with Gasteiger partial charge in [-0.25, -0.2) is 0 Å². The molecule has 1 aromatic carbocycles. The maximum absolute atomic E-state index is 12.9. The lowest BCUT2D eigenvalue weighted by Crippen LogP contribution is -2.41. The Hall–Kier alpha value is -2.52. The van der Waals surface area contributed by atoms with E-state index in [9.17, 15) is 4.79 Å². The molecule has 1 aliphatic carbocycles. The number of nitrogens with zero attached hydrogens (tertiary/aromatic N) is 1. The van der Waals surface area contributed by atoms with Gasteiger partial charge in [0.05, 0.1) is 6.61 Å². The molecule has 27 heavy (non-hydrogen) atoms. The Balaban J connectivity index is 1.81. The molecule has 3 rings (SSSR count). The van der Waals surface area contributed by atoms with Crippen molar-refractivity contribution in [1.82, 2.24) is 10.2 Å². The van der Waals surface area contributed by atoms with Crippen LogP contribution in [0, 0.1) is 12.3 Å². The van der Waals surface area contributed by atoms with Gasteiger partial charge in [0.1, 0.15) is 12.3 Å². The minimum Gasteiger partial charge on any atom is -0.490 e. The molecule has 1 amide bonds. The lowest BCUT2D eigenvalue weighted by atomic mass is 9.94. The van der Waals surface area contributed by atoms with E-state index < -0.39 is 0 Å². The van der Waals surface area contributed by atoms with Gasteiger partial charge in [-0.15, -0.1) is 6.42 Å². The predicted molar refractivity (Wildman–Crippen MR) is 109 cm³/mol. The molecule has 0 spiro atoms. The van der Waals surface area contributed by atoms with Crippen LogP contribution in [0.4, 0.5) is 0 Å². The Morgan fingerprint density at radius 2 is 2.07 bits per heavy atom. The Bertz CT molecular complexity index is 791. The largest absolute Gasteiger partial charge is 0.490 e. The van der Waals surface area contributed by atoms with Crippen LogP contribution in [0.5, 0.6) is 11.5 Å². The molecule has 2 fully saturated rings. The number of benzene rings is 1. The lowest BCUT2D eigenvalue weighted by molar-refractivity contribution is -0.124. The first-order valence-electron chi connectivity index (χ1n) is 9.33. The Morgan fingerprint density at radius 1 is 1.30 bits per heavy atom. The molecule has 2 aliphatic rings.